The third-order valence-corrected chi connectivity index (χ3v) is 1.82. The highest BCUT2D eigenvalue weighted by Gasteiger charge is 2.08. The molecule has 0 heterocycles. The van der Waals surface area contributed by atoms with Gasteiger partial charge >= 0.3 is 5.97 Å². The van der Waals surface area contributed by atoms with Crippen LogP contribution >= 0.6 is 0 Å². The minimum absolute atomic E-state index is 0.0151. The van der Waals surface area contributed by atoms with Crippen LogP contribution in [0.5, 0.6) is 0 Å². The minimum atomic E-state index is -0.204. The van der Waals surface area contributed by atoms with Gasteiger partial charge in [-0.15, -0.1) is 0 Å². The number of carbonyl (C=O) groups is 2. The number of nitrogens with one attached hydrogen (secondary N) is 1. The molecule has 0 rings (SSSR count). The van der Waals surface area contributed by atoms with Crippen molar-refractivity contribution in [2.75, 3.05) is 6.61 Å². The number of rotatable bonds is 6. The van der Waals surface area contributed by atoms with Gasteiger partial charge in [0.05, 0.1) is 6.61 Å². The third-order valence-electron chi connectivity index (χ3n) is 1.82. The van der Waals surface area contributed by atoms with Crippen LogP contribution in [0.3, 0.4) is 0 Å². The maximum Gasteiger partial charge on any atom is 0.305 e. The van der Waals surface area contributed by atoms with E-state index in [0.29, 0.717) is 25.9 Å². The van der Waals surface area contributed by atoms with Crippen molar-refractivity contribution in [3.05, 3.63) is 0 Å². The van der Waals surface area contributed by atoms with E-state index in [9.17, 15) is 9.59 Å². The molecule has 0 aliphatic carbocycles. The van der Waals surface area contributed by atoms with Gasteiger partial charge in [0, 0.05) is 18.9 Å². The zero-order valence-electron chi connectivity index (χ0n) is 9.13. The van der Waals surface area contributed by atoms with Gasteiger partial charge in [-0.2, -0.15) is 0 Å². The van der Waals surface area contributed by atoms with E-state index in [4.69, 9.17) is 4.74 Å². The van der Waals surface area contributed by atoms with Crippen molar-refractivity contribution in [2.45, 2.75) is 46.1 Å². The maximum absolute atomic E-state index is 11.0. The van der Waals surface area contributed by atoms with E-state index in [1.807, 2.05) is 6.92 Å². The molecule has 0 aromatic rings. The molecule has 14 heavy (non-hydrogen) atoms. The van der Waals surface area contributed by atoms with E-state index in [1.54, 1.807) is 13.8 Å². The van der Waals surface area contributed by atoms with Crippen molar-refractivity contribution in [1.82, 2.24) is 5.32 Å². The van der Waals surface area contributed by atoms with Gasteiger partial charge in [-0.25, -0.2) is 0 Å². The fourth-order valence-electron chi connectivity index (χ4n) is 1.02. The standard InChI is InChI=1S/C10H19NO3/c1-4-9(12)11-8(3)6-7-10(13)14-5-2/h8H,4-7H2,1-3H3,(H,11,12). The predicted octanol–water partition coefficient (Wildman–Crippen LogP) is 1.24. The molecule has 1 atom stereocenters. The topological polar surface area (TPSA) is 55.4 Å². The van der Waals surface area contributed by atoms with Crippen LogP contribution in [0, 0.1) is 0 Å². The van der Waals surface area contributed by atoms with E-state index in [1.165, 1.54) is 0 Å². The molecule has 0 spiro atoms. The number of ether oxygens (including phenoxy) is 1. The van der Waals surface area contributed by atoms with E-state index < -0.39 is 0 Å². The molecular weight excluding hydrogens is 182 g/mol. The lowest BCUT2D eigenvalue weighted by Gasteiger charge is -2.12. The molecule has 0 aliphatic rings. The summed E-state index contributed by atoms with van der Waals surface area (Å²) in [4.78, 5) is 21.9. The Balaban J connectivity index is 3.57. The van der Waals surface area contributed by atoms with Crippen LogP contribution in [0.4, 0.5) is 0 Å². The SMILES string of the molecule is CCOC(=O)CCC(C)NC(=O)CC. The van der Waals surface area contributed by atoms with E-state index in [2.05, 4.69) is 5.32 Å². The van der Waals surface area contributed by atoms with E-state index in [0.717, 1.165) is 0 Å². The van der Waals surface area contributed by atoms with Crippen LogP contribution in [-0.4, -0.2) is 24.5 Å². The lowest BCUT2D eigenvalue weighted by molar-refractivity contribution is -0.143. The zero-order chi connectivity index (χ0) is 11.0. The molecule has 0 bridgehead atoms. The molecule has 0 aromatic heterocycles. The van der Waals surface area contributed by atoms with Gasteiger partial charge < -0.3 is 10.1 Å². The second kappa shape index (κ2) is 7.35. The molecule has 0 radical (unpaired) electrons. The molecule has 82 valence electrons. The second-order valence-corrected chi connectivity index (χ2v) is 3.17. The number of hydrogen-bond donors (Lipinski definition) is 1. The number of carbonyl (C=O) groups excluding carboxylic acids is 2. The smallest absolute Gasteiger partial charge is 0.305 e. The molecule has 1 unspecified atom stereocenters. The Morgan fingerprint density at radius 3 is 2.50 bits per heavy atom. The molecule has 0 saturated carbocycles. The summed E-state index contributed by atoms with van der Waals surface area (Å²) in [5.41, 5.74) is 0. The second-order valence-electron chi connectivity index (χ2n) is 3.17. The maximum atomic E-state index is 11.0. The Morgan fingerprint density at radius 1 is 1.36 bits per heavy atom. The van der Waals surface area contributed by atoms with Gasteiger partial charge in [0.2, 0.25) is 5.91 Å². The molecule has 1 N–H and O–H groups in total. The number of esters is 1. The third kappa shape index (κ3) is 6.46. The lowest BCUT2D eigenvalue weighted by atomic mass is 10.2. The Kier molecular flexibility index (Phi) is 6.80. The van der Waals surface area contributed by atoms with Crippen molar-refractivity contribution in [1.29, 1.82) is 0 Å². The Bertz CT molecular complexity index is 192. The van der Waals surface area contributed by atoms with Gasteiger partial charge in [-0.1, -0.05) is 6.92 Å². The van der Waals surface area contributed by atoms with Gasteiger partial charge in [0.1, 0.15) is 0 Å². The Hall–Kier alpha value is -1.06. The highest BCUT2D eigenvalue weighted by atomic mass is 16.5. The minimum Gasteiger partial charge on any atom is -0.466 e. The molecule has 4 heteroatoms. The number of amides is 1. The first kappa shape index (κ1) is 12.9. The summed E-state index contributed by atoms with van der Waals surface area (Å²) >= 11 is 0. The van der Waals surface area contributed by atoms with Crippen LogP contribution in [0.1, 0.15) is 40.0 Å². The number of hydrogen-bond acceptors (Lipinski definition) is 3. The molecule has 0 saturated heterocycles. The highest BCUT2D eigenvalue weighted by molar-refractivity contribution is 5.76. The fraction of sp³-hybridized carbons (Fsp3) is 0.800. The lowest BCUT2D eigenvalue weighted by Crippen LogP contribution is -2.32. The summed E-state index contributed by atoms with van der Waals surface area (Å²) < 4.78 is 4.77. The first-order chi connectivity index (χ1) is 6.60. The summed E-state index contributed by atoms with van der Waals surface area (Å²) in [7, 11) is 0. The molecule has 0 aromatic carbocycles. The van der Waals surface area contributed by atoms with Crippen molar-refractivity contribution in [3.63, 3.8) is 0 Å². The van der Waals surface area contributed by atoms with Gasteiger partial charge in [-0.3, -0.25) is 9.59 Å². The van der Waals surface area contributed by atoms with Gasteiger partial charge in [0.15, 0.2) is 0 Å². The van der Waals surface area contributed by atoms with Crippen LogP contribution in [0.25, 0.3) is 0 Å². The van der Waals surface area contributed by atoms with Crippen molar-refractivity contribution in [3.8, 4) is 0 Å². The van der Waals surface area contributed by atoms with Crippen molar-refractivity contribution < 1.29 is 14.3 Å². The van der Waals surface area contributed by atoms with E-state index in [-0.39, 0.29) is 17.9 Å². The normalized spacial score (nSPS) is 11.9. The van der Waals surface area contributed by atoms with Gasteiger partial charge in [0.25, 0.3) is 0 Å². The monoisotopic (exact) mass is 201 g/mol. The Labute approximate surface area is 85.0 Å². The molecule has 1 amide bonds. The summed E-state index contributed by atoms with van der Waals surface area (Å²) in [6, 6.07) is 0.0341. The highest BCUT2D eigenvalue weighted by Crippen LogP contribution is 1.98. The fourth-order valence-corrected chi connectivity index (χ4v) is 1.02. The molecular formula is C10H19NO3. The van der Waals surface area contributed by atoms with Gasteiger partial charge in [-0.05, 0) is 20.3 Å². The van der Waals surface area contributed by atoms with Crippen LogP contribution < -0.4 is 5.32 Å². The quantitative estimate of drug-likeness (QED) is 0.658. The predicted molar refractivity (Wildman–Crippen MR) is 53.8 cm³/mol. The van der Waals surface area contributed by atoms with Crippen molar-refractivity contribution >= 4 is 11.9 Å². The van der Waals surface area contributed by atoms with Crippen LogP contribution in [0.15, 0.2) is 0 Å². The summed E-state index contributed by atoms with van der Waals surface area (Å²) in [6.07, 6.45) is 1.47. The summed E-state index contributed by atoms with van der Waals surface area (Å²) in [5, 5.41) is 2.78. The summed E-state index contributed by atoms with van der Waals surface area (Å²) in [5.74, 6) is -0.188. The van der Waals surface area contributed by atoms with Crippen LogP contribution in [0.2, 0.25) is 0 Å². The zero-order valence-corrected chi connectivity index (χ0v) is 9.13. The summed E-state index contributed by atoms with van der Waals surface area (Å²) in [6.45, 7) is 5.87. The first-order valence-corrected chi connectivity index (χ1v) is 5.05. The van der Waals surface area contributed by atoms with Crippen molar-refractivity contribution in [2.24, 2.45) is 0 Å². The Morgan fingerprint density at radius 2 is 2.00 bits per heavy atom. The average Bonchev–Trinajstić information content (AvgIpc) is 2.15. The largest absolute Gasteiger partial charge is 0.466 e. The first-order valence-electron chi connectivity index (χ1n) is 5.05. The van der Waals surface area contributed by atoms with Crippen LogP contribution in [-0.2, 0) is 14.3 Å². The van der Waals surface area contributed by atoms with E-state index >= 15 is 0 Å². The molecule has 4 nitrogen and oxygen atoms in total. The molecule has 0 aliphatic heterocycles. The molecule has 0 fully saturated rings. The average molecular weight is 201 g/mol.